The number of aliphatic hydroxyl groups excluding tert-OH is 1. The monoisotopic (exact) mass is 293 g/mol. The molecule has 2 N–H and O–H groups in total. The van der Waals surface area contributed by atoms with E-state index >= 15 is 0 Å². The Morgan fingerprint density at radius 1 is 1.38 bits per heavy atom. The van der Waals surface area contributed by atoms with Crippen LogP contribution in [0.3, 0.4) is 0 Å². The first-order chi connectivity index (χ1) is 10.0. The normalized spacial score (nSPS) is 29.1. The molecule has 1 aromatic heterocycles. The average molecular weight is 293 g/mol. The summed E-state index contributed by atoms with van der Waals surface area (Å²) >= 11 is 0. The lowest BCUT2D eigenvalue weighted by molar-refractivity contribution is 0.0426. The summed E-state index contributed by atoms with van der Waals surface area (Å²) in [6, 6.07) is 0.00818. The van der Waals surface area contributed by atoms with E-state index in [0.29, 0.717) is 19.6 Å². The van der Waals surface area contributed by atoms with Gasteiger partial charge in [-0.05, 0) is 25.7 Å². The van der Waals surface area contributed by atoms with Crippen LogP contribution in [-0.2, 0) is 13.0 Å². The van der Waals surface area contributed by atoms with Gasteiger partial charge in [-0.25, -0.2) is 14.5 Å². The highest BCUT2D eigenvalue weighted by Gasteiger charge is 2.29. The maximum atomic E-state index is 12.3. The number of fused-ring (bicyclic) bond motifs is 1. The van der Waals surface area contributed by atoms with Crippen molar-refractivity contribution < 1.29 is 9.90 Å². The maximum Gasteiger partial charge on any atom is 0.317 e. The van der Waals surface area contributed by atoms with Crippen molar-refractivity contribution in [3.8, 4) is 0 Å². The van der Waals surface area contributed by atoms with Crippen molar-refractivity contribution in [1.29, 1.82) is 0 Å². The molecule has 7 heteroatoms. The quantitative estimate of drug-likeness (QED) is 0.781. The lowest BCUT2D eigenvalue weighted by atomic mass is 9.96. The fraction of sp³-hybridized carbons (Fsp3) is 0.786. The van der Waals surface area contributed by atoms with Gasteiger partial charge >= 0.3 is 6.03 Å². The predicted octanol–water partition coefficient (Wildman–Crippen LogP) is 0.314. The summed E-state index contributed by atoms with van der Waals surface area (Å²) in [7, 11) is 0. The highest BCUT2D eigenvalue weighted by Crippen LogP contribution is 2.18. The van der Waals surface area contributed by atoms with Gasteiger partial charge in [0.1, 0.15) is 11.6 Å². The molecular formula is C14H23N5O2. The summed E-state index contributed by atoms with van der Waals surface area (Å²) in [6.45, 7) is 5.72. The minimum Gasteiger partial charge on any atom is -0.391 e. The van der Waals surface area contributed by atoms with E-state index in [1.807, 2.05) is 18.5 Å². The van der Waals surface area contributed by atoms with Gasteiger partial charge < -0.3 is 15.3 Å². The molecule has 7 nitrogen and oxygen atoms in total. The van der Waals surface area contributed by atoms with E-state index in [-0.39, 0.29) is 18.0 Å². The van der Waals surface area contributed by atoms with Gasteiger partial charge in [0.05, 0.1) is 18.7 Å². The van der Waals surface area contributed by atoms with E-state index in [4.69, 9.17) is 0 Å². The minimum atomic E-state index is -0.416. The van der Waals surface area contributed by atoms with Crippen LogP contribution in [0.5, 0.6) is 0 Å². The van der Waals surface area contributed by atoms with Crippen LogP contribution < -0.4 is 5.32 Å². The minimum absolute atomic E-state index is 0.0776. The summed E-state index contributed by atoms with van der Waals surface area (Å²) in [5, 5.41) is 17.3. The van der Waals surface area contributed by atoms with E-state index in [1.54, 1.807) is 4.90 Å². The topological polar surface area (TPSA) is 83.3 Å². The Morgan fingerprint density at radius 3 is 2.95 bits per heavy atom. The molecule has 0 aromatic carbocycles. The van der Waals surface area contributed by atoms with Gasteiger partial charge in [0.15, 0.2) is 0 Å². The number of carbonyl (C=O) groups is 1. The number of hydrogen-bond donors (Lipinski definition) is 2. The Kier molecular flexibility index (Phi) is 3.84. The Balaban J connectivity index is 1.56. The van der Waals surface area contributed by atoms with Crippen LogP contribution in [0.2, 0.25) is 0 Å². The van der Waals surface area contributed by atoms with Crippen LogP contribution >= 0.6 is 0 Å². The van der Waals surface area contributed by atoms with E-state index in [1.165, 1.54) is 0 Å². The largest absolute Gasteiger partial charge is 0.391 e. The number of nitrogens with zero attached hydrogens (tertiary/aromatic N) is 4. The lowest BCUT2D eigenvalue weighted by Crippen LogP contribution is -2.53. The molecule has 1 aromatic rings. The highest BCUT2D eigenvalue weighted by atomic mass is 16.3. The van der Waals surface area contributed by atoms with Crippen LogP contribution in [0.15, 0.2) is 0 Å². The van der Waals surface area contributed by atoms with E-state index in [9.17, 15) is 9.90 Å². The zero-order valence-corrected chi connectivity index (χ0v) is 12.6. The molecule has 116 valence electrons. The van der Waals surface area contributed by atoms with Crippen molar-refractivity contribution in [1.82, 2.24) is 25.0 Å². The van der Waals surface area contributed by atoms with Gasteiger partial charge in [0, 0.05) is 19.5 Å². The number of urea groups is 1. The first-order valence-electron chi connectivity index (χ1n) is 7.66. The number of likely N-dealkylation sites (tertiary alicyclic amines) is 1. The average Bonchev–Trinajstić information content (AvgIpc) is 2.81. The second-order valence-corrected chi connectivity index (χ2v) is 6.22. The lowest BCUT2D eigenvalue weighted by Gasteiger charge is -2.35. The molecule has 21 heavy (non-hydrogen) atoms. The third-order valence-electron chi connectivity index (χ3n) is 4.50. The first kappa shape index (κ1) is 14.3. The molecular weight excluding hydrogens is 270 g/mol. The van der Waals surface area contributed by atoms with Gasteiger partial charge in [-0.1, -0.05) is 6.92 Å². The summed E-state index contributed by atoms with van der Waals surface area (Å²) in [4.78, 5) is 18.4. The Hall–Kier alpha value is -1.63. The van der Waals surface area contributed by atoms with Crippen molar-refractivity contribution in [2.75, 3.05) is 13.1 Å². The van der Waals surface area contributed by atoms with Gasteiger partial charge in [0.25, 0.3) is 0 Å². The molecule has 0 saturated carbocycles. The maximum absolute atomic E-state index is 12.3. The molecule has 1 saturated heterocycles. The van der Waals surface area contributed by atoms with Crippen LogP contribution in [0.4, 0.5) is 4.79 Å². The Morgan fingerprint density at radius 2 is 2.19 bits per heavy atom. The molecule has 2 amide bonds. The van der Waals surface area contributed by atoms with Crippen LogP contribution in [0.1, 0.15) is 31.4 Å². The third-order valence-corrected chi connectivity index (χ3v) is 4.50. The molecule has 0 bridgehead atoms. The molecule has 3 rings (SSSR count). The molecule has 3 unspecified atom stereocenters. The van der Waals surface area contributed by atoms with E-state index in [2.05, 4.69) is 15.4 Å². The number of piperidine rings is 1. The number of carbonyl (C=O) groups excluding carboxylic acids is 1. The fourth-order valence-corrected chi connectivity index (χ4v) is 3.05. The van der Waals surface area contributed by atoms with Crippen molar-refractivity contribution >= 4 is 6.03 Å². The second kappa shape index (κ2) is 5.63. The zero-order valence-electron chi connectivity index (χ0n) is 12.6. The van der Waals surface area contributed by atoms with Gasteiger partial charge in [-0.3, -0.25) is 0 Å². The number of β-amino-alcohol motifs (C(OH)–C–C–N with tert-alkyl or cyclic N) is 1. The number of nitrogens with one attached hydrogen (secondary N) is 1. The molecule has 2 aliphatic rings. The number of aromatic nitrogens is 3. The number of hydrogen-bond acceptors (Lipinski definition) is 4. The SMILES string of the molecule is Cc1nc2n(n1)CC(NC(=O)N1CCC(C)C(O)C1)CC2. The molecule has 3 atom stereocenters. The smallest absolute Gasteiger partial charge is 0.317 e. The molecule has 0 aliphatic carbocycles. The van der Waals surface area contributed by atoms with Gasteiger partial charge in [-0.2, -0.15) is 5.10 Å². The van der Waals surface area contributed by atoms with Crippen molar-refractivity contribution in [2.45, 2.75) is 51.8 Å². The summed E-state index contributed by atoms with van der Waals surface area (Å²) in [6.07, 6.45) is 2.16. The predicted molar refractivity (Wildman–Crippen MR) is 76.8 cm³/mol. The van der Waals surface area contributed by atoms with Gasteiger partial charge in [0.2, 0.25) is 0 Å². The van der Waals surface area contributed by atoms with Crippen molar-refractivity contribution in [2.24, 2.45) is 5.92 Å². The number of aryl methyl sites for hydroxylation is 2. The van der Waals surface area contributed by atoms with Crippen molar-refractivity contribution in [3.63, 3.8) is 0 Å². The zero-order chi connectivity index (χ0) is 15.0. The van der Waals surface area contributed by atoms with E-state index < -0.39 is 6.10 Å². The van der Waals surface area contributed by atoms with Crippen LogP contribution in [-0.4, -0.2) is 56.0 Å². The molecule has 1 fully saturated rings. The molecule has 3 heterocycles. The van der Waals surface area contributed by atoms with E-state index in [0.717, 1.165) is 30.9 Å². The first-order valence-corrected chi connectivity index (χ1v) is 7.66. The summed E-state index contributed by atoms with van der Waals surface area (Å²) in [5.74, 6) is 2.05. The van der Waals surface area contributed by atoms with Crippen molar-refractivity contribution in [3.05, 3.63) is 11.6 Å². The Labute approximate surface area is 124 Å². The second-order valence-electron chi connectivity index (χ2n) is 6.22. The van der Waals surface area contributed by atoms with Crippen LogP contribution in [0.25, 0.3) is 0 Å². The third kappa shape index (κ3) is 3.02. The number of aliphatic hydroxyl groups is 1. The van der Waals surface area contributed by atoms with Gasteiger partial charge in [-0.15, -0.1) is 0 Å². The van der Waals surface area contributed by atoms with Crippen LogP contribution in [0, 0.1) is 12.8 Å². The summed E-state index contributed by atoms with van der Waals surface area (Å²) in [5.41, 5.74) is 0. The number of rotatable bonds is 1. The summed E-state index contributed by atoms with van der Waals surface area (Å²) < 4.78 is 1.89. The molecule has 0 spiro atoms. The molecule has 0 radical (unpaired) electrons. The number of amides is 2. The molecule has 2 aliphatic heterocycles. The Bertz CT molecular complexity index is 529. The fourth-order valence-electron chi connectivity index (χ4n) is 3.05. The highest BCUT2D eigenvalue weighted by molar-refractivity contribution is 5.74. The standard InChI is InChI=1S/C14H23N5O2/c1-9-5-6-18(8-12(9)20)14(21)16-11-3-4-13-15-10(2)17-19(13)7-11/h9,11-12,20H,3-8H2,1-2H3,(H,16,21).